The predicted octanol–water partition coefficient (Wildman–Crippen LogP) is 7.40. The fourth-order valence-electron chi connectivity index (χ4n) is 3.34. The van der Waals surface area contributed by atoms with E-state index in [0.717, 1.165) is 24.4 Å². The van der Waals surface area contributed by atoms with Gasteiger partial charge in [-0.1, -0.05) is 85.8 Å². The summed E-state index contributed by atoms with van der Waals surface area (Å²) in [6.45, 7) is 4.37. The minimum atomic E-state index is 0.348. The largest absolute Gasteiger partial charge is 0.488 e. The van der Waals surface area contributed by atoms with Gasteiger partial charge in [-0.3, -0.25) is 0 Å². The third-order valence-electron chi connectivity index (χ3n) is 4.94. The average molecular weight is 416 g/mol. The van der Waals surface area contributed by atoms with E-state index in [-0.39, 0.29) is 0 Å². The Morgan fingerprint density at radius 3 is 2.39 bits per heavy atom. The molecule has 0 aliphatic carbocycles. The third kappa shape index (κ3) is 5.41. The maximum absolute atomic E-state index is 6.30. The highest BCUT2D eigenvalue weighted by Gasteiger charge is 2.11. The van der Waals surface area contributed by atoms with Gasteiger partial charge in [-0.25, -0.2) is 0 Å². The molecule has 4 heteroatoms. The van der Waals surface area contributed by atoms with Crippen LogP contribution in [0.1, 0.15) is 43.7 Å². The fraction of sp³-hybridized carbons (Fsp3) is 0.333. The standard InChI is InChI=1S/C24H27Cl2NO/c1-2-3-4-7-15-27-16-20-19-10-6-5-9-18(19)13-14-24(20)28-17-21-22(25)11-8-12-23(21)26/h5-6,8-14,27H,2-4,7,15-17H2,1H3. The van der Waals surface area contributed by atoms with Crippen LogP contribution in [0.25, 0.3) is 10.8 Å². The summed E-state index contributed by atoms with van der Waals surface area (Å²) in [4.78, 5) is 0. The van der Waals surface area contributed by atoms with Crippen LogP contribution in [0.2, 0.25) is 10.0 Å². The van der Waals surface area contributed by atoms with Gasteiger partial charge in [-0.05, 0) is 41.9 Å². The molecule has 0 bridgehead atoms. The second-order valence-corrected chi connectivity index (χ2v) is 7.80. The van der Waals surface area contributed by atoms with Crippen molar-refractivity contribution < 1.29 is 4.74 Å². The van der Waals surface area contributed by atoms with E-state index in [2.05, 4.69) is 42.6 Å². The molecule has 0 amide bonds. The highest BCUT2D eigenvalue weighted by Crippen LogP contribution is 2.31. The zero-order chi connectivity index (χ0) is 19.8. The second-order valence-electron chi connectivity index (χ2n) is 6.99. The summed E-state index contributed by atoms with van der Waals surface area (Å²) in [6, 6.07) is 18.1. The Morgan fingerprint density at radius 1 is 0.821 bits per heavy atom. The summed E-state index contributed by atoms with van der Waals surface area (Å²) in [5.41, 5.74) is 1.99. The van der Waals surface area contributed by atoms with Gasteiger partial charge in [0.25, 0.3) is 0 Å². The SMILES string of the molecule is CCCCCCNCc1c(OCc2c(Cl)cccc2Cl)ccc2ccccc12. The zero-order valence-corrected chi connectivity index (χ0v) is 17.8. The third-order valence-corrected chi connectivity index (χ3v) is 5.65. The molecule has 3 aromatic rings. The quantitative estimate of drug-likeness (QED) is 0.348. The van der Waals surface area contributed by atoms with Crippen LogP contribution >= 0.6 is 23.2 Å². The van der Waals surface area contributed by atoms with Crippen LogP contribution in [0.15, 0.2) is 54.6 Å². The molecule has 148 valence electrons. The van der Waals surface area contributed by atoms with Crippen molar-refractivity contribution in [3.05, 3.63) is 75.8 Å². The molecule has 1 N–H and O–H groups in total. The van der Waals surface area contributed by atoms with Gasteiger partial charge in [0.15, 0.2) is 0 Å². The normalized spacial score (nSPS) is 11.1. The number of nitrogens with one attached hydrogen (secondary N) is 1. The maximum atomic E-state index is 6.30. The van der Waals surface area contributed by atoms with Crippen LogP contribution in [0.5, 0.6) is 5.75 Å². The summed E-state index contributed by atoms with van der Waals surface area (Å²) < 4.78 is 6.18. The van der Waals surface area contributed by atoms with E-state index in [1.165, 1.54) is 42.0 Å². The van der Waals surface area contributed by atoms with Crippen LogP contribution in [0.4, 0.5) is 0 Å². The van der Waals surface area contributed by atoms with E-state index < -0.39 is 0 Å². The van der Waals surface area contributed by atoms with Gasteiger partial charge in [-0.2, -0.15) is 0 Å². The minimum absolute atomic E-state index is 0.348. The monoisotopic (exact) mass is 415 g/mol. The molecule has 0 spiro atoms. The molecule has 3 aromatic carbocycles. The minimum Gasteiger partial charge on any atom is -0.488 e. The Balaban J connectivity index is 1.77. The first kappa shape index (κ1) is 21.0. The highest BCUT2D eigenvalue weighted by molar-refractivity contribution is 6.35. The van der Waals surface area contributed by atoms with Crippen molar-refractivity contribution in [3.8, 4) is 5.75 Å². The first-order valence-electron chi connectivity index (χ1n) is 9.97. The average Bonchev–Trinajstić information content (AvgIpc) is 2.71. The number of halogens is 2. The van der Waals surface area contributed by atoms with Crippen LogP contribution in [-0.2, 0) is 13.2 Å². The van der Waals surface area contributed by atoms with Crippen LogP contribution in [-0.4, -0.2) is 6.54 Å². The maximum Gasteiger partial charge on any atom is 0.124 e. The molecule has 0 aliphatic heterocycles. The van der Waals surface area contributed by atoms with Gasteiger partial charge in [0, 0.05) is 27.7 Å². The number of hydrogen-bond acceptors (Lipinski definition) is 2. The highest BCUT2D eigenvalue weighted by atomic mass is 35.5. The van der Waals surface area contributed by atoms with Gasteiger partial charge in [0.2, 0.25) is 0 Å². The Labute approximate surface area is 177 Å². The first-order valence-corrected chi connectivity index (χ1v) is 10.7. The first-order chi connectivity index (χ1) is 13.7. The van der Waals surface area contributed by atoms with E-state index in [4.69, 9.17) is 27.9 Å². The van der Waals surface area contributed by atoms with Crippen molar-refractivity contribution >= 4 is 34.0 Å². The van der Waals surface area contributed by atoms with Gasteiger partial charge >= 0.3 is 0 Å². The summed E-state index contributed by atoms with van der Waals surface area (Å²) in [6.07, 6.45) is 5.02. The molecule has 0 unspecified atom stereocenters. The zero-order valence-electron chi connectivity index (χ0n) is 16.3. The topological polar surface area (TPSA) is 21.3 Å². The number of rotatable bonds is 10. The second kappa shape index (κ2) is 10.7. The molecule has 0 heterocycles. The molecule has 0 aromatic heterocycles. The molecule has 0 aliphatic rings. The lowest BCUT2D eigenvalue weighted by Crippen LogP contribution is -2.16. The molecule has 0 atom stereocenters. The molecule has 3 rings (SSSR count). The van der Waals surface area contributed by atoms with E-state index in [1.807, 2.05) is 24.3 Å². The lowest BCUT2D eigenvalue weighted by atomic mass is 10.0. The molecule has 0 saturated carbocycles. The van der Waals surface area contributed by atoms with E-state index in [1.54, 1.807) is 0 Å². The van der Waals surface area contributed by atoms with E-state index in [0.29, 0.717) is 16.7 Å². The van der Waals surface area contributed by atoms with Crippen molar-refractivity contribution in [3.63, 3.8) is 0 Å². The van der Waals surface area contributed by atoms with Crippen molar-refractivity contribution in [2.45, 2.75) is 45.8 Å². The van der Waals surface area contributed by atoms with Crippen LogP contribution in [0.3, 0.4) is 0 Å². The molecular formula is C24H27Cl2NO. The Morgan fingerprint density at radius 2 is 1.61 bits per heavy atom. The number of unbranched alkanes of at least 4 members (excludes halogenated alkanes) is 3. The predicted molar refractivity (Wildman–Crippen MR) is 121 cm³/mol. The molecule has 28 heavy (non-hydrogen) atoms. The number of fused-ring (bicyclic) bond motifs is 1. The number of hydrogen-bond donors (Lipinski definition) is 1. The van der Waals surface area contributed by atoms with Gasteiger partial charge < -0.3 is 10.1 Å². The van der Waals surface area contributed by atoms with Crippen LogP contribution < -0.4 is 10.1 Å². The van der Waals surface area contributed by atoms with Crippen molar-refractivity contribution in [2.75, 3.05) is 6.54 Å². The van der Waals surface area contributed by atoms with Gasteiger partial charge in [-0.15, -0.1) is 0 Å². The number of benzene rings is 3. The van der Waals surface area contributed by atoms with Gasteiger partial charge in [0.1, 0.15) is 12.4 Å². The summed E-state index contributed by atoms with van der Waals surface area (Å²) in [5.74, 6) is 0.871. The number of ether oxygens (including phenoxy) is 1. The van der Waals surface area contributed by atoms with Crippen LogP contribution in [0, 0.1) is 0 Å². The van der Waals surface area contributed by atoms with E-state index >= 15 is 0 Å². The Bertz CT molecular complexity index is 890. The molecule has 0 saturated heterocycles. The van der Waals surface area contributed by atoms with Crippen molar-refractivity contribution in [1.29, 1.82) is 0 Å². The Kier molecular flexibility index (Phi) is 8.02. The summed E-state index contributed by atoms with van der Waals surface area (Å²) in [5, 5.41) is 7.27. The van der Waals surface area contributed by atoms with Crippen molar-refractivity contribution in [2.24, 2.45) is 0 Å². The Hall–Kier alpha value is -1.74. The van der Waals surface area contributed by atoms with Gasteiger partial charge in [0.05, 0.1) is 0 Å². The molecular weight excluding hydrogens is 389 g/mol. The molecule has 0 fully saturated rings. The lowest BCUT2D eigenvalue weighted by Gasteiger charge is -2.16. The smallest absolute Gasteiger partial charge is 0.124 e. The van der Waals surface area contributed by atoms with E-state index in [9.17, 15) is 0 Å². The van der Waals surface area contributed by atoms with Crippen molar-refractivity contribution in [1.82, 2.24) is 5.32 Å². The summed E-state index contributed by atoms with van der Waals surface area (Å²) in [7, 11) is 0. The molecule has 2 nitrogen and oxygen atoms in total. The molecule has 0 radical (unpaired) electrons. The fourth-order valence-corrected chi connectivity index (χ4v) is 3.85. The summed E-state index contributed by atoms with van der Waals surface area (Å²) >= 11 is 12.6. The lowest BCUT2D eigenvalue weighted by molar-refractivity contribution is 0.303.